The molecule has 9 unspecified atom stereocenters. The number of Topliss-reactive ketones (excluding diaryl/α,β-unsaturated/α-hetero) is 2. The lowest BCUT2D eigenvalue weighted by atomic mass is 9.46. The van der Waals surface area contributed by atoms with E-state index in [9.17, 15) is 24.3 Å². The Hall–Kier alpha value is -4.68. The number of ether oxygens (including phenoxy) is 6. The highest BCUT2D eigenvalue weighted by Gasteiger charge is 2.83. The highest BCUT2D eigenvalue weighted by atomic mass is 32.2. The molecule has 1 spiro atoms. The standard InChI is InChI=1S/C56H78N4O12S/c1-33(2)12-11-19-54(8)20-18-37-46(62)44-47(63)39-30-36-31-42-53(6,7)72-55(50(36)64,56(39,42)71-49(44)38(48(37)70-54)16-15-34(3)4)21-17-35(5)51(65)58-23-25-68-27-29-69-28-26-67-24-22-57-43(61)14-10-9-13-41-45-40(32-73-41)59-52(66)60-45/h12,15,17-18,20,36,39-42,45,62H,9-11,13-14,16,19,21-32H2,1-8H3,(H,57,61)(H,58,65)(H2,59,60,66). The van der Waals surface area contributed by atoms with Crippen molar-refractivity contribution < 1.29 is 57.5 Å². The number of ketones is 2. The van der Waals surface area contributed by atoms with Gasteiger partial charge in [0.2, 0.25) is 11.8 Å². The van der Waals surface area contributed by atoms with Gasteiger partial charge in [-0.2, -0.15) is 11.8 Å². The number of fused-ring (bicyclic) bond motifs is 3. The fraction of sp³-hybridized carbons (Fsp3) is 0.661. The summed E-state index contributed by atoms with van der Waals surface area (Å²) >= 11 is 1.89. The number of carbonyl (C=O) groups excluding carboxylic acids is 5. The van der Waals surface area contributed by atoms with Gasteiger partial charge in [0.15, 0.2) is 22.8 Å². The van der Waals surface area contributed by atoms with E-state index in [0.717, 1.165) is 37.0 Å². The SMILES string of the molecule is CC(C)=CCCC1(C)C=Cc2c(O)c3c(c(CC=C(C)C)c2O1)OC12C(CC4CC1C(C)(C)OC2(CC=C(C)C(=O)NCCOCCOCCOCCNC(=O)CCCCC1SCC2NC(=O)NC21)C4=O)C3=O. The number of hydrogen-bond acceptors (Lipinski definition) is 13. The number of thioether (sulfide) groups is 1. The number of urea groups is 1. The van der Waals surface area contributed by atoms with E-state index in [0.29, 0.717) is 93.0 Å². The summed E-state index contributed by atoms with van der Waals surface area (Å²) in [5, 5.41) is 24.2. The lowest BCUT2D eigenvalue weighted by Crippen LogP contribution is -2.76. The van der Waals surface area contributed by atoms with E-state index >= 15 is 4.79 Å². The highest BCUT2D eigenvalue weighted by molar-refractivity contribution is 8.00. The summed E-state index contributed by atoms with van der Waals surface area (Å²) in [5.74, 6) is -0.766. The van der Waals surface area contributed by atoms with E-state index in [1.807, 2.05) is 58.5 Å². The molecule has 16 nitrogen and oxygen atoms in total. The average Bonchev–Trinajstić information content (AvgIpc) is 3.94. The van der Waals surface area contributed by atoms with Crippen molar-refractivity contribution >= 4 is 47.2 Å². The molecular formula is C56H78N4O12S. The Morgan fingerprint density at radius 2 is 1.56 bits per heavy atom. The van der Waals surface area contributed by atoms with Gasteiger partial charge in [-0.05, 0) is 112 Å². The van der Waals surface area contributed by atoms with Gasteiger partial charge >= 0.3 is 6.03 Å². The van der Waals surface area contributed by atoms with Crippen LogP contribution in [0.25, 0.3) is 6.08 Å². The predicted molar refractivity (Wildman–Crippen MR) is 279 cm³/mol. The second-order valence-corrected chi connectivity index (χ2v) is 23.4. The molecule has 400 valence electrons. The molecule has 4 bridgehead atoms. The number of allylic oxidation sites excluding steroid dienone is 4. The molecule has 5 heterocycles. The van der Waals surface area contributed by atoms with Crippen molar-refractivity contribution in [2.24, 2.45) is 17.8 Å². The number of carbonyl (C=O) groups is 5. The molecule has 3 aliphatic carbocycles. The number of amides is 4. The Morgan fingerprint density at radius 1 is 0.863 bits per heavy atom. The number of phenolic OH excluding ortho intramolecular Hbond substituents is 1. The molecular weight excluding hydrogens is 953 g/mol. The first-order valence-electron chi connectivity index (χ1n) is 26.5. The maximum atomic E-state index is 15.2. The average molecular weight is 1030 g/mol. The third-order valence-electron chi connectivity index (χ3n) is 15.9. The molecule has 17 heteroatoms. The summed E-state index contributed by atoms with van der Waals surface area (Å²) in [4.78, 5) is 67.3. The molecule has 0 aromatic heterocycles. The summed E-state index contributed by atoms with van der Waals surface area (Å²) in [6.07, 6.45) is 15.7. The number of hydrogen-bond donors (Lipinski definition) is 5. The molecule has 1 aromatic carbocycles. The van der Waals surface area contributed by atoms with Crippen LogP contribution in [0.2, 0.25) is 0 Å². The maximum Gasteiger partial charge on any atom is 0.315 e. The molecule has 8 aliphatic rings. The molecule has 9 atom stereocenters. The Kier molecular flexibility index (Phi) is 16.9. The number of aromatic hydroxyl groups is 1. The summed E-state index contributed by atoms with van der Waals surface area (Å²) in [6.45, 7) is 18.5. The molecule has 6 fully saturated rings. The van der Waals surface area contributed by atoms with E-state index in [1.54, 1.807) is 13.0 Å². The summed E-state index contributed by atoms with van der Waals surface area (Å²) in [5.41, 5.74) is -0.615. The smallest absolute Gasteiger partial charge is 0.315 e. The number of nitrogens with one attached hydrogen (secondary N) is 4. The van der Waals surface area contributed by atoms with Crippen molar-refractivity contribution in [3.05, 3.63) is 57.7 Å². The minimum absolute atomic E-state index is 0.00626. The predicted octanol–water partition coefficient (Wildman–Crippen LogP) is 7.24. The lowest BCUT2D eigenvalue weighted by molar-refractivity contribution is -0.199. The fourth-order valence-corrected chi connectivity index (χ4v) is 13.8. The van der Waals surface area contributed by atoms with Crippen LogP contribution in [0.1, 0.15) is 135 Å². The second kappa shape index (κ2) is 22.7. The van der Waals surface area contributed by atoms with E-state index < -0.39 is 34.2 Å². The third kappa shape index (κ3) is 11.2. The van der Waals surface area contributed by atoms with E-state index in [1.165, 1.54) is 5.57 Å². The molecule has 9 rings (SSSR count). The van der Waals surface area contributed by atoms with Crippen LogP contribution >= 0.6 is 11.8 Å². The normalized spacial score (nSPS) is 29.8. The monoisotopic (exact) mass is 1030 g/mol. The van der Waals surface area contributed by atoms with Gasteiger partial charge in [0.1, 0.15) is 28.4 Å². The molecule has 0 radical (unpaired) electrons. The van der Waals surface area contributed by atoms with Gasteiger partial charge in [0.05, 0.1) is 68.8 Å². The van der Waals surface area contributed by atoms with E-state index in [-0.39, 0.29) is 90.5 Å². The molecule has 5 aliphatic heterocycles. The minimum atomic E-state index is -1.57. The first-order valence-corrected chi connectivity index (χ1v) is 27.5. The van der Waals surface area contributed by atoms with Crippen LogP contribution in [-0.4, -0.2) is 133 Å². The highest BCUT2D eigenvalue weighted by Crippen LogP contribution is 2.70. The van der Waals surface area contributed by atoms with Crippen molar-refractivity contribution in [1.29, 1.82) is 0 Å². The summed E-state index contributed by atoms with van der Waals surface area (Å²) < 4.78 is 38.1. The molecule has 1 aromatic rings. The van der Waals surface area contributed by atoms with Gasteiger partial charge in [0.25, 0.3) is 0 Å². The molecule has 3 saturated heterocycles. The van der Waals surface area contributed by atoms with E-state index in [4.69, 9.17) is 28.4 Å². The van der Waals surface area contributed by atoms with Gasteiger partial charge in [-0.1, -0.05) is 35.8 Å². The zero-order valence-corrected chi connectivity index (χ0v) is 44.9. The largest absolute Gasteiger partial charge is 0.506 e. The fourth-order valence-electron chi connectivity index (χ4n) is 12.3. The van der Waals surface area contributed by atoms with Crippen LogP contribution in [0.4, 0.5) is 4.79 Å². The molecule has 3 saturated carbocycles. The van der Waals surface area contributed by atoms with Crippen LogP contribution in [0, 0.1) is 17.8 Å². The molecule has 4 amide bonds. The van der Waals surface area contributed by atoms with Crippen molar-refractivity contribution in [1.82, 2.24) is 21.3 Å². The lowest BCUT2D eigenvalue weighted by Gasteiger charge is -2.60. The Bertz CT molecular complexity index is 2420. The van der Waals surface area contributed by atoms with Gasteiger partial charge in [-0.25, -0.2) is 4.79 Å². The van der Waals surface area contributed by atoms with Crippen LogP contribution in [0.3, 0.4) is 0 Å². The Balaban J connectivity index is 0.810. The third-order valence-corrected chi connectivity index (χ3v) is 17.4. The second-order valence-electron chi connectivity index (χ2n) is 22.2. The van der Waals surface area contributed by atoms with E-state index in [2.05, 4.69) is 47.3 Å². The first kappa shape index (κ1) is 54.6. The topological polar surface area (TPSA) is 209 Å². The van der Waals surface area contributed by atoms with Crippen molar-refractivity contribution in [2.75, 3.05) is 58.5 Å². The Morgan fingerprint density at radius 3 is 2.27 bits per heavy atom. The van der Waals surface area contributed by atoms with Gasteiger partial charge < -0.3 is 54.8 Å². The summed E-state index contributed by atoms with van der Waals surface area (Å²) in [7, 11) is 0. The van der Waals surface area contributed by atoms with Crippen molar-refractivity contribution in [3.63, 3.8) is 0 Å². The number of rotatable bonds is 25. The number of unbranched alkanes of at least 4 members (excludes halogenated alkanes) is 1. The number of benzene rings is 1. The quantitative estimate of drug-likeness (QED) is 0.0284. The van der Waals surface area contributed by atoms with Crippen LogP contribution in [0.15, 0.2) is 41.0 Å². The Labute approximate surface area is 434 Å². The van der Waals surface area contributed by atoms with Crippen LogP contribution in [-0.2, 0) is 39.8 Å². The summed E-state index contributed by atoms with van der Waals surface area (Å²) in [6, 6.07) is 0.328. The van der Waals surface area contributed by atoms with Gasteiger partial charge in [0, 0.05) is 59.9 Å². The molecule has 73 heavy (non-hydrogen) atoms. The van der Waals surface area contributed by atoms with Crippen molar-refractivity contribution in [3.8, 4) is 17.2 Å². The van der Waals surface area contributed by atoms with Gasteiger partial charge in [-0.3, -0.25) is 19.2 Å². The van der Waals surface area contributed by atoms with Crippen molar-refractivity contribution in [2.45, 2.75) is 159 Å². The maximum absolute atomic E-state index is 15.2. The molecule has 5 N–H and O–H groups in total. The van der Waals surface area contributed by atoms with Crippen LogP contribution in [0.5, 0.6) is 17.2 Å². The zero-order chi connectivity index (χ0) is 52.3. The zero-order valence-electron chi connectivity index (χ0n) is 44.1. The minimum Gasteiger partial charge on any atom is -0.506 e. The van der Waals surface area contributed by atoms with Crippen LogP contribution < -0.4 is 30.7 Å². The number of phenols is 1. The first-order chi connectivity index (χ1) is 34.8. The van der Waals surface area contributed by atoms with Gasteiger partial charge in [-0.15, -0.1) is 0 Å².